The number of aromatic nitrogens is 1. The second-order valence-electron chi connectivity index (χ2n) is 4.50. The molecule has 0 aromatic carbocycles. The van der Waals surface area contributed by atoms with E-state index in [4.69, 9.17) is 0 Å². The summed E-state index contributed by atoms with van der Waals surface area (Å²) in [6.45, 7) is 5.04. The lowest BCUT2D eigenvalue weighted by molar-refractivity contribution is -0.118. The van der Waals surface area contributed by atoms with Gasteiger partial charge in [0, 0.05) is 32.4 Å². The number of piperazine rings is 1. The summed E-state index contributed by atoms with van der Waals surface area (Å²) < 4.78 is 0. The van der Waals surface area contributed by atoms with Crippen LogP contribution in [0.15, 0.2) is 18.3 Å². The Hall–Kier alpha value is -1.62. The molecule has 1 fully saturated rings. The fourth-order valence-corrected chi connectivity index (χ4v) is 2.07. The highest BCUT2D eigenvalue weighted by atomic mass is 16.3. The summed E-state index contributed by atoms with van der Waals surface area (Å²) in [5.41, 5.74) is 0.854. The van der Waals surface area contributed by atoms with Crippen molar-refractivity contribution in [1.82, 2.24) is 9.88 Å². The molecule has 1 aromatic heterocycles. The Morgan fingerprint density at radius 1 is 1.39 bits per heavy atom. The Morgan fingerprint density at radius 3 is 2.61 bits per heavy atom. The van der Waals surface area contributed by atoms with Gasteiger partial charge in [-0.05, 0) is 18.1 Å². The van der Waals surface area contributed by atoms with Crippen molar-refractivity contribution in [3.8, 4) is 0 Å². The first-order chi connectivity index (χ1) is 8.74. The molecule has 0 spiro atoms. The molecule has 0 unspecified atom stereocenters. The number of rotatable bonds is 4. The molecule has 0 radical (unpaired) electrons. The average Bonchev–Trinajstić information content (AvgIpc) is 2.47. The molecular weight excluding hydrogens is 230 g/mol. The molecule has 0 saturated carbocycles. The monoisotopic (exact) mass is 249 g/mol. The molecule has 18 heavy (non-hydrogen) atoms. The van der Waals surface area contributed by atoms with Gasteiger partial charge in [-0.15, -0.1) is 0 Å². The lowest BCUT2D eigenvalue weighted by Crippen LogP contribution is -2.46. The van der Waals surface area contributed by atoms with Crippen LogP contribution in [0.5, 0.6) is 0 Å². The van der Waals surface area contributed by atoms with Gasteiger partial charge in [-0.3, -0.25) is 4.79 Å². The Labute approximate surface area is 107 Å². The molecule has 1 amide bonds. The second kappa shape index (κ2) is 5.82. The minimum atomic E-state index is -0.432. The van der Waals surface area contributed by atoms with Crippen LogP contribution >= 0.6 is 0 Å². The third-order valence-electron chi connectivity index (χ3n) is 3.33. The quantitative estimate of drug-likeness (QED) is 0.802. The predicted octanol–water partition coefficient (Wildman–Crippen LogP) is 0.803. The van der Waals surface area contributed by atoms with Crippen molar-refractivity contribution in [3.63, 3.8) is 0 Å². The Kier molecular flexibility index (Phi) is 4.15. The Balaban J connectivity index is 2.00. The van der Waals surface area contributed by atoms with Crippen LogP contribution in [0, 0.1) is 0 Å². The highest BCUT2D eigenvalue weighted by molar-refractivity contribution is 5.49. The zero-order valence-corrected chi connectivity index (χ0v) is 10.6. The van der Waals surface area contributed by atoms with Gasteiger partial charge in [-0.2, -0.15) is 0 Å². The zero-order chi connectivity index (χ0) is 13.0. The van der Waals surface area contributed by atoms with Gasteiger partial charge in [0.2, 0.25) is 6.41 Å². The van der Waals surface area contributed by atoms with Crippen molar-refractivity contribution in [2.45, 2.75) is 19.4 Å². The molecule has 0 bridgehead atoms. The van der Waals surface area contributed by atoms with E-state index in [1.807, 2.05) is 19.1 Å². The van der Waals surface area contributed by atoms with Gasteiger partial charge in [0.25, 0.3) is 0 Å². The zero-order valence-electron chi connectivity index (χ0n) is 10.6. The maximum atomic E-state index is 10.6. The van der Waals surface area contributed by atoms with Crippen LogP contribution in [0.25, 0.3) is 0 Å². The first-order valence-corrected chi connectivity index (χ1v) is 6.33. The van der Waals surface area contributed by atoms with E-state index >= 15 is 0 Å². The van der Waals surface area contributed by atoms with Gasteiger partial charge in [0.15, 0.2) is 0 Å². The molecule has 5 nitrogen and oxygen atoms in total. The molecule has 5 heteroatoms. The fourth-order valence-electron chi connectivity index (χ4n) is 2.07. The number of hydrogen-bond acceptors (Lipinski definition) is 4. The molecule has 1 N–H and O–H groups in total. The third kappa shape index (κ3) is 2.79. The van der Waals surface area contributed by atoms with Gasteiger partial charge in [0.1, 0.15) is 5.82 Å². The molecule has 1 saturated heterocycles. The lowest BCUT2D eigenvalue weighted by Gasteiger charge is -2.33. The van der Waals surface area contributed by atoms with Crippen molar-refractivity contribution in [2.24, 2.45) is 0 Å². The lowest BCUT2D eigenvalue weighted by atomic mass is 10.1. The number of nitrogens with zero attached hydrogens (tertiary/aromatic N) is 3. The summed E-state index contributed by atoms with van der Waals surface area (Å²) >= 11 is 0. The standard InChI is InChI=1S/C13H19N3O2/c1-2-12(18)11-3-4-13(14-9-11)16-7-5-15(10-17)6-8-16/h3-4,9-10,12,18H,2,5-8H2,1H3/t12-/m1/s1. The number of carbonyl (C=O) groups excluding carboxylic acids is 1. The Morgan fingerprint density at radius 2 is 2.11 bits per heavy atom. The molecule has 2 rings (SSSR count). The normalized spacial score (nSPS) is 17.7. The summed E-state index contributed by atoms with van der Waals surface area (Å²) in [6, 6.07) is 3.85. The van der Waals surface area contributed by atoms with E-state index in [1.54, 1.807) is 11.1 Å². The van der Waals surface area contributed by atoms with Crippen LogP contribution in [0.4, 0.5) is 5.82 Å². The fraction of sp³-hybridized carbons (Fsp3) is 0.538. The van der Waals surface area contributed by atoms with Crippen molar-refractivity contribution < 1.29 is 9.90 Å². The number of carbonyl (C=O) groups is 1. The topological polar surface area (TPSA) is 56.7 Å². The minimum Gasteiger partial charge on any atom is -0.388 e. The van der Waals surface area contributed by atoms with Crippen LogP contribution in [-0.2, 0) is 4.79 Å². The molecule has 1 aliphatic heterocycles. The largest absolute Gasteiger partial charge is 0.388 e. The second-order valence-corrected chi connectivity index (χ2v) is 4.50. The van der Waals surface area contributed by atoms with Crippen LogP contribution in [0.2, 0.25) is 0 Å². The first kappa shape index (κ1) is 12.8. The van der Waals surface area contributed by atoms with Crippen LogP contribution in [-0.4, -0.2) is 47.6 Å². The van der Waals surface area contributed by atoms with Gasteiger partial charge in [-0.25, -0.2) is 4.98 Å². The summed E-state index contributed by atoms with van der Waals surface area (Å²) in [5.74, 6) is 0.910. The van der Waals surface area contributed by atoms with Crippen LogP contribution < -0.4 is 4.90 Å². The molecule has 1 atom stereocenters. The van der Waals surface area contributed by atoms with Crippen molar-refractivity contribution in [2.75, 3.05) is 31.1 Å². The van der Waals surface area contributed by atoms with E-state index < -0.39 is 6.10 Å². The number of hydrogen-bond donors (Lipinski definition) is 1. The summed E-state index contributed by atoms with van der Waals surface area (Å²) in [7, 11) is 0. The SMILES string of the molecule is CC[C@@H](O)c1ccc(N2CCN(C=O)CC2)nc1. The van der Waals surface area contributed by atoms with Gasteiger partial charge < -0.3 is 14.9 Å². The molecule has 2 heterocycles. The predicted molar refractivity (Wildman–Crippen MR) is 69.3 cm³/mol. The maximum Gasteiger partial charge on any atom is 0.209 e. The smallest absolute Gasteiger partial charge is 0.209 e. The third-order valence-corrected chi connectivity index (χ3v) is 3.33. The van der Waals surface area contributed by atoms with E-state index in [-0.39, 0.29) is 0 Å². The highest BCUT2D eigenvalue weighted by Crippen LogP contribution is 2.19. The van der Waals surface area contributed by atoms with E-state index in [1.165, 1.54) is 0 Å². The van der Waals surface area contributed by atoms with Crippen LogP contribution in [0.1, 0.15) is 25.0 Å². The highest BCUT2D eigenvalue weighted by Gasteiger charge is 2.16. The van der Waals surface area contributed by atoms with E-state index in [9.17, 15) is 9.90 Å². The van der Waals surface area contributed by atoms with E-state index in [0.717, 1.165) is 44.0 Å². The summed E-state index contributed by atoms with van der Waals surface area (Å²) in [4.78, 5) is 18.9. The molecule has 0 aliphatic carbocycles. The number of amides is 1. The molecule has 98 valence electrons. The molecule has 1 aliphatic rings. The van der Waals surface area contributed by atoms with Crippen molar-refractivity contribution >= 4 is 12.2 Å². The number of pyridine rings is 1. The Bertz CT molecular complexity index is 386. The summed E-state index contributed by atoms with van der Waals surface area (Å²) in [5, 5.41) is 9.70. The van der Waals surface area contributed by atoms with Gasteiger partial charge in [-0.1, -0.05) is 13.0 Å². The number of aliphatic hydroxyl groups is 1. The molecular formula is C13H19N3O2. The first-order valence-electron chi connectivity index (χ1n) is 6.33. The van der Waals surface area contributed by atoms with Gasteiger partial charge in [0.05, 0.1) is 6.10 Å². The average molecular weight is 249 g/mol. The minimum absolute atomic E-state index is 0.432. The van der Waals surface area contributed by atoms with E-state index in [0.29, 0.717) is 6.42 Å². The number of anilines is 1. The van der Waals surface area contributed by atoms with Gasteiger partial charge >= 0.3 is 0 Å². The van der Waals surface area contributed by atoms with E-state index in [2.05, 4.69) is 9.88 Å². The summed E-state index contributed by atoms with van der Waals surface area (Å²) in [6.07, 6.45) is 2.89. The van der Waals surface area contributed by atoms with Crippen molar-refractivity contribution in [3.05, 3.63) is 23.9 Å². The molecule has 1 aromatic rings. The number of aliphatic hydroxyl groups excluding tert-OH is 1. The maximum absolute atomic E-state index is 10.6. The van der Waals surface area contributed by atoms with Crippen LogP contribution in [0.3, 0.4) is 0 Å². The van der Waals surface area contributed by atoms with Crippen molar-refractivity contribution in [1.29, 1.82) is 0 Å².